The summed E-state index contributed by atoms with van der Waals surface area (Å²) in [6, 6.07) is 10.5. The lowest BCUT2D eigenvalue weighted by Crippen LogP contribution is -2.35. The molecule has 0 amide bonds. The number of anilines is 1. The summed E-state index contributed by atoms with van der Waals surface area (Å²) in [5.74, 6) is 2.43. The van der Waals surface area contributed by atoms with Gasteiger partial charge in [0.15, 0.2) is 0 Å². The number of nitrogens with zero attached hydrogens (tertiary/aromatic N) is 3. The Kier molecular flexibility index (Phi) is 5.87. The first kappa shape index (κ1) is 17.6. The molecule has 4 rings (SSSR count). The Labute approximate surface area is 156 Å². The van der Waals surface area contributed by atoms with Crippen molar-refractivity contribution < 1.29 is 4.74 Å². The number of hydrogen-bond donors (Lipinski definition) is 1. The van der Waals surface area contributed by atoms with E-state index >= 15 is 0 Å². The molecule has 1 saturated heterocycles. The monoisotopic (exact) mass is 354 g/mol. The fraction of sp³-hybridized carbons (Fsp3) is 0.571. The van der Waals surface area contributed by atoms with Crippen LogP contribution < -0.4 is 5.32 Å². The van der Waals surface area contributed by atoms with Gasteiger partial charge in [0.25, 0.3) is 0 Å². The van der Waals surface area contributed by atoms with E-state index in [-0.39, 0.29) is 0 Å². The van der Waals surface area contributed by atoms with Gasteiger partial charge in [0.05, 0.1) is 0 Å². The number of nitrogens with one attached hydrogen (secondary N) is 1. The zero-order valence-electron chi connectivity index (χ0n) is 15.5. The predicted molar refractivity (Wildman–Crippen MR) is 104 cm³/mol. The van der Waals surface area contributed by atoms with Crippen LogP contribution in [0.15, 0.2) is 42.7 Å². The van der Waals surface area contributed by atoms with Crippen LogP contribution >= 0.6 is 0 Å². The van der Waals surface area contributed by atoms with Gasteiger partial charge in [0, 0.05) is 64.0 Å². The van der Waals surface area contributed by atoms with Crippen molar-refractivity contribution in [3.8, 4) is 0 Å². The Bertz CT molecular complexity index is 666. The van der Waals surface area contributed by atoms with E-state index in [0.29, 0.717) is 5.92 Å². The van der Waals surface area contributed by atoms with Crippen molar-refractivity contribution in [2.24, 2.45) is 11.8 Å². The molecule has 0 saturated carbocycles. The SMILES string of the molecule is c1ccc(NCCC2CN(CC3CCOCC3)Cc3cccn3C2)nc1. The van der Waals surface area contributed by atoms with Gasteiger partial charge >= 0.3 is 0 Å². The van der Waals surface area contributed by atoms with Gasteiger partial charge in [-0.25, -0.2) is 4.98 Å². The summed E-state index contributed by atoms with van der Waals surface area (Å²) < 4.78 is 7.99. The van der Waals surface area contributed by atoms with Crippen molar-refractivity contribution >= 4 is 5.82 Å². The Hall–Kier alpha value is -1.85. The minimum absolute atomic E-state index is 0.666. The van der Waals surface area contributed by atoms with Crippen LogP contribution in [0.3, 0.4) is 0 Å². The minimum Gasteiger partial charge on any atom is -0.381 e. The smallest absolute Gasteiger partial charge is 0.125 e. The molecule has 0 aromatic carbocycles. The molecule has 2 aromatic rings. The number of aromatic nitrogens is 2. The van der Waals surface area contributed by atoms with Crippen LogP contribution in [0.1, 0.15) is 25.0 Å². The van der Waals surface area contributed by atoms with E-state index in [0.717, 1.165) is 44.6 Å². The lowest BCUT2D eigenvalue weighted by molar-refractivity contribution is 0.0494. The first-order valence-corrected chi connectivity index (χ1v) is 9.96. The average Bonchev–Trinajstić information content (AvgIpc) is 3.03. The molecule has 0 aliphatic carbocycles. The summed E-state index contributed by atoms with van der Waals surface area (Å²) in [6.07, 6.45) is 7.67. The molecule has 1 atom stereocenters. The van der Waals surface area contributed by atoms with Gasteiger partial charge in [-0.1, -0.05) is 6.07 Å². The number of fused-ring (bicyclic) bond motifs is 1. The van der Waals surface area contributed by atoms with E-state index in [1.807, 2.05) is 24.4 Å². The molecule has 2 aliphatic heterocycles. The molecule has 2 aromatic heterocycles. The first-order chi connectivity index (χ1) is 12.9. The molecule has 1 fully saturated rings. The molecule has 0 bridgehead atoms. The second-order valence-electron chi connectivity index (χ2n) is 7.70. The third-order valence-electron chi connectivity index (χ3n) is 5.66. The second-order valence-corrected chi connectivity index (χ2v) is 7.70. The van der Waals surface area contributed by atoms with Crippen LogP contribution in [0.4, 0.5) is 5.82 Å². The highest BCUT2D eigenvalue weighted by molar-refractivity contribution is 5.32. The molecule has 5 nitrogen and oxygen atoms in total. The van der Waals surface area contributed by atoms with E-state index in [1.165, 1.54) is 38.0 Å². The van der Waals surface area contributed by atoms with Crippen molar-refractivity contribution in [2.75, 3.05) is 38.2 Å². The molecule has 5 heteroatoms. The lowest BCUT2D eigenvalue weighted by atomic mass is 9.98. The molecule has 1 N–H and O–H groups in total. The van der Waals surface area contributed by atoms with Gasteiger partial charge in [0.2, 0.25) is 0 Å². The molecule has 2 aliphatic rings. The average molecular weight is 354 g/mol. The Balaban J connectivity index is 1.35. The van der Waals surface area contributed by atoms with Crippen molar-refractivity contribution in [1.82, 2.24) is 14.5 Å². The van der Waals surface area contributed by atoms with Gasteiger partial charge in [-0.05, 0) is 55.4 Å². The predicted octanol–water partition coefficient (Wildman–Crippen LogP) is 3.24. The highest BCUT2D eigenvalue weighted by Gasteiger charge is 2.24. The fourth-order valence-corrected chi connectivity index (χ4v) is 4.25. The van der Waals surface area contributed by atoms with Gasteiger partial charge in [0.1, 0.15) is 5.82 Å². The Morgan fingerprint density at radius 3 is 2.85 bits per heavy atom. The van der Waals surface area contributed by atoms with Crippen molar-refractivity contribution in [3.63, 3.8) is 0 Å². The highest BCUT2D eigenvalue weighted by Crippen LogP contribution is 2.23. The van der Waals surface area contributed by atoms with Crippen molar-refractivity contribution in [1.29, 1.82) is 0 Å². The van der Waals surface area contributed by atoms with E-state index in [1.54, 1.807) is 0 Å². The standard InChI is InChI=1S/C21H30N4O/c1-2-9-22-21(5-1)23-10-6-19-15-24(14-18-7-12-26-13-8-18)17-20-4-3-11-25(20)16-19/h1-5,9,11,18-19H,6-8,10,12-17H2,(H,22,23). The second kappa shape index (κ2) is 8.69. The zero-order chi connectivity index (χ0) is 17.6. The molecule has 0 radical (unpaired) electrons. The third-order valence-corrected chi connectivity index (χ3v) is 5.66. The van der Waals surface area contributed by atoms with E-state index in [9.17, 15) is 0 Å². The number of pyridine rings is 1. The summed E-state index contributed by atoms with van der Waals surface area (Å²) in [4.78, 5) is 7.04. The normalized spacial score (nSPS) is 21.9. The summed E-state index contributed by atoms with van der Waals surface area (Å²) in [5.41, 5.74) is 1.46. The summed E-state index contributed by atoms with van der Waals surface area (Å²) in [5, 5.41) is 3.47. The summed E-state index contributed by atoms with van der Waals surface area (Å²) in [6.45, 7) is 7.44. The molecule has 0 spiro atoms. The molecule has 1 unspecified atom stereocenters. The zero-order valence-corrected chi connectivity index (χ0v) is 15.5. The number of ether oxygens (including phenoxy) is 1. The van der Waals surface area contributed by atoms with Gasteiger partial charge in [-0.3, -0.25) is 4.90 Å². The van der Waals surface area contributed by atoms with E-state index < -0.39 is 0 Å². The maximum Gasteiger partial charge on any atom is 0.125 e. The first-order valence-electron chi connectivity index (χ1n) is 9.96. The van der Waals surface area contributed by atoms with Gasteiger partial charge < -0.3 is 14.6 Å². The lowest BCUT2D eigenvalue weighted by Gasteiger charge is -2.30. The number of rotatable bonds is 6. The summed E-state index contributed by atoms with van der Waals surface area (Å²) >= 11 is 0. The quantitative estimate of drug-likeness (QED) is 0.865. The largest absolute Gasteiger partial charge is 0.381 e. The third kappa shape index (κ3) is 4.65. The van der Waals surface area contributed by atoms with Crippen LogP contribution in [0.25, 0.3) is 0 Å². The maximum absolute atomic E-state index is 5.54. The van der Waals surface area contributed by atoms with Gasteiger partial charge in [-0.2, -0.15) is 0 Å². The molecule has 4 heterocycles. The molecular weight excluding hydrogens is 324 g/mol. The van der Waals surface area contributed by atoms with Crippen LogP contribution in [0.2, 0.25) is 0 Å². The molecule has 140 valence electrons. The molecule has 26 heavy (non-hydrogen) atoms. The minimum atomic E-state index is 0.666. The van der Waals surface area contributed by atoms with E-state index in [4.69, 9.17) is 4.74 Å². The molecular formula is C21H30N4O. The van der Waals surface area contributed by atoms with Crippen LogP contribution in [-0.4, -0.2) is 47.3 Å². The fourth-order valence-electron chi connectivity index (χ4n) is 4.25. The number of hydrogen-bond acceptors (Lipinski definition) is 4. The van der Waals surface area contributed by atoms with Gasteiger partial charge in [-0.15, -0.1) is 0 Å². The van der Waals surface area contributed by atoms with Crippen molar-refractivity contribution in [3.05, 3.63) is 48.4 Å². The van der Waals surface area contributed by atoms with Crippen LogP contribution in [-0.2, 0) is 17.8 Å². The van der Waals surface area contributed by atoms with Crippen LogP contribution in [0.5, 0.6) is 0 Å². The topological polar surface area (TPSA) is 42.3 Å². The van der Waals surface area contributed by atoms with E-state index in [2.05, 4.69) is 38.1 Å². The highest BCUT2D eigenvalue weighted by atomic mass is 16.5. The maximum atomic E-state index is 5.54. The van der Waals surface area contributed by atoms with Crippen molar-refractivity contribution in [2.45, 2.75) is 32.4 Å². The Morgan fingerprint density at radius 1 is 1.08 bits per heavy atom. The van der Waals surface area contributed by atoms with Crippen LogP contribution in [0, 0.1) is 11.8 Å². The Morgan fingerprint density at radius 2 is 2.00 bits per heavy atom. The summed E-state index contributed by atoms with van der Waals surface area (Å²) in [7, 11) is 0.